The van der Waals surface area contributed by atoms with Gasteiger partial charge in [0.2, 0.25) is 0 Å². The van der Waals surface area contributed by atoms with Gasteiger partial charge in [-0.25, -0.2) is 0 Å². The van der Waals surface area contributed by atoms with Gasteiger partial charge in [-0.15, -0.1) is 0 Å². The molecule has 0 bridgehead atoms. The van der Waals surface area contributed by atoms with Gasteiger partial charge in [-0.3, -0.25) is 0 Å². The van der Waals surface area contributed by atoms with Crippen molar-refractivity contribution in [3.05, 3.63) is 70.8 Å². The molecule has 0 heteroatoms. The van der Waals surface area contributed by atoms with Crippen LogP contribution >= 0.6 is 0 Å². The molecule has 4 rings (SSSR count). The molecule has 1 fully saturated rings. The average Bonchev–Trinajstić information content (AvgIpc) is 3.09. The van der Waals surface area contributed by atoms with E-state index in [1.807, 2.05) is 12.2 Å². The first kappa shape index (κ1) is 10.4. The van der Waals surface area contributed by atoms with E-state index < -0.39 is 0 Å². The zero-order chi connectivity index (χ0) is 12.0. The standard InChI is InChI=1S/C18H16/c1-2-8-14(9-3-1)15-10-6-7-13-18(15)16-11-4-5-12-17(16)18/h1-2,4-5,11-12H,6-7,9-10,13H2. The quantitative estimate of drug-likeness (QED) is 0.626. The SMILES string of the molecule is [C]1=CC=[C]C(=C2CCCCC23c2ccccc23)C1. The summed E-state index contributed by atoms with van der Waals surface area (Å²) >= 11 is 0. The Kier molecular flexibility index (Phi) is 2.14. The molecule has 1 spiro atoms. The highest BCUT2D eigenvalue weighted by molar-refractivity contribution is 5.68. The second-order valence-corrected chi connectivity index (χ2v) is 5.47. The van der Waals surface area contributed by atoms with E-state index in [0.717, 1.165) is 6.42 Å². The van der Waals surface area contributed by atoms with Crippen LogP contribution < -0.4 is 0 Å². The topological polar surface area (TPSA) is 0 Å². The lowest BCUT2D eigenvalue weighted by atomic mass is 9.75. The maximum absolute atomic E-state index is 3.46. The Hall–Kier alpha value is -1.56. The van der Waals surface area contributed by atoms with Crippen LogP contribution in [0.3, 0.4) is 0 Å². The van der Waals surface area contributed by atoms with Crippen LogP contribution in [0.1, 0.15) is 43.2 Å². The first-order chi connectivity index (χ1) is 8.93. The fourth-order valence-corrected chi connectivity index (χ4v) is 3.80. The van der Waals surface area contributed by atoms with Crippen LogP contribution in [0.4, 0.5) is 0 Å². The third-order valence-electron chi connectivity index (χ3n) is 4.63. The molecule has 1 saturated carbocycles. The van der Waals surface area contributed by atoms with E-state index in [4.69, 9.17) is 0 Å². The Morgan fingerprint density at radius 2 is 1.83 bits per heavy atom. The minimum Gasteiger partial charge on any atom is -0.0619 e. The van der Waals surface area contributed by atoms with Gasteiger partial charge >= 0.3 is 0 Å². The number of hydrogen-bond acceptors (Lipinski definition) is 0. The summed E-state index contributed by atoms with van der Waals surface area (Å²) in [4.78, 5) is 0. The van der Waals surface area contributed by atoms with E-state index in [1.165, 1.54) is 31.3 Å². The highest BCUT2D eigenvalue weighted by Crippen LogP contribution is 2.62. The maximum Gasteiger partial charge on any atom is 0.0423 e. The summed E-state index contributed by atoms with van der Waals surface area (Å²) in [6.07, 6.45) is 17.0. The van der Waals surface area contributed by atoms with E-state index in [2.05, 4.69) is 36.4 Å². The van der Waals surface area contributed by atoms with Crippen LogP contribution in [0.25, 0.3) is 0 Å². The van der Waals surface area contributed by atoms with E-state index in [-0.39, 0.29) is 0 Å². The Balaban J connectivity index is 1.84. The van der Waals surface area contributed by atoms with Gasteiger partial charge < -0.3 is 0 Å². The number of hydrogen-bond donors (Lipinski definition) is 0. The summed E-state index contributed by atoms with van der Waals surface area (Å²) in [5, 5.41) is 0. The van der Waals surface area contributed by atoms with Crippen LogP contribution in [0.15, 0.2) is 47.6 Å². The minimum atomic E-state index is 0.303. The molecule has 0 nitrogen and oxygen atoms in total. The molecule has 3 aliphatic rings. The van der Waals surface area contributed by atoms with Crippen molar-refractivity contribution in [2.24, 2.45) is 0 Å². The number of benzene rings is 1. The Morgan fingerprint density at radius 3 is 2.56 bits per heavy atom. The minimum absolute atomic E-state index is 0.303. The summed E-state index contributed by atoms with van der Waals surface area (Å²) in [5.74, 6) is 0. The first-order valence-electron chi connectivity index (χ1n) is 6.90. The van der Waals surface area contributed by atoms with Crippen LogP contribution in [-0.4, -0.2) is 0 Å². The normalized spacial score (nSPS) is 27.3. The molecule has 3 aliphatic carbocycles. The van der Waals surface area contributed by atoms with Gasteiger partial charge in [0.25, 0.3) is 0 Å². The van der Waals surface area contributed by atoms with E-state index in [0.29, 0.717) is 5.41 Å². The molecule has 0 N–H and O–H groups in total. The average molecular weight is 232 g/mol. The molecular weight excluding hydrogens is 216 g/mol. The van der Waals surface area contributed by atoms with E-state index in [9.17, 15) is 0 Å². The van der Waals surface area contributed by atoms with Crippen molar-refractivity contribution in [1.82, 2.24) is 0 Å². The zero-order valence-electron chi connectivity index (χ0n) is 10.5. The molecule has 0 atom stereocenters. The van der Waals surface area contributed by atoms with Crippen LogP contribution in [0.5, 0.6) is 0 Å². The van der Waals surface area contributed by atoms with Crippen molar-refractivity contribution in [3.8, 4) is 0 Å². The molecule has 0 saturated heterocycles. The van der Waals surface area contributed by atoms with Crippen molar-refractivity contribution < 1.29 is 0 Å². The van der Waals surface area contributed by atoms with Crippen molar-refractivity contribution in [3.63, 3.8) is 0 Å². The third kappa shape index (κ3) is 1.26. The number of allylic oxidation sites excluding steroid dienone is 6. The van der Waals surface area contributed by atoms with Crippen molar-refractivity contribution >= 4 is 0 Å². The second kappa shape index (κ2) is 3.71. The van der Waals surface area contributed by atoms with Gasteiger partial charge in [0, 0.05) is 5.41 Å². The molecule has 1 aromatic carbocycles. The molecule has 0 heterocycles. The summed E-state index contributed by atoms with van der Waals surface area (Å²) in [7, 11) is 0. The molecule has 2 radical (unpaired) electrons. The third-order valence-corrected chi connectivity index (χ3v) is 4.63. The molecule has 88 valence electrons. The Bertz CT molecular complexity index is 561. The fraction of sp³-hybridized carbons (Fsp3) is 0.333. The summed E-state index contributed by atoms with van der Waals surface area (Å²) in [6, 6.07) is 8.98. The molecular formula is C18H16. The highest BCUT2D eigenvalue weighted by atomic mass is 14.6. The van der Waals surface area contributed by atoms with Gasteiger partial charge in [-0.2, -0.15) is 0 Å². The fourth-order valence-electron chi connectivity index (χ4n) is 3.80. The monoisotopic (exact) mass is 232 g/mol. The number of fused-ring (bicyclic) bond motifs is 3. The van der Waals surface area contributed by atoms with Crippen LogP contribution in [0, 0.1) is 12.2 Å². The first-order valence-corrected chi connectivity index (χ1v) is 6.90. The molecule has 0 unspecified atom stereocenters. The molecule has 0 aliphatic heterocycles. The van der Waals surface area contributed by atoms with Crippen molar-refractivity contribution in [2.75, 3.05) is 0 Å². The highest BCUT2D eigenvalue weighted by Gasteiger charge is 2.53. The van der Waals surface area contributed by atoms with E-state index in [1.54, 1.807) is 16.7 Å². The largest absolute Gasteiger partial charge is 0.0619 e. The lowest BCUT2D eigenvalue weighted by Crippen LogP contribution is -2.19. The predicted octanol–water partition coefficient (Wildman–Crippen LogP) is 4.28. The smallest absolute Gasteiger partial charge is 0.0423 e. The van der Waals surface area contributed by atoms with E-state index >= 15 is 0 Å². The lowest BCUT2D eigenvalue weighted by Gasteiger charge is -2.28. The summed E-state index contributed by atoms with van der Waals surface area (Å²) < 4.78 is 0. The van der Waals surface area contributed by atoms with Crippen LogP contribution in [-0.2, 0) is 5.41 Å². The molecule has 18 heavy (non-hydrogen) atoms. The molecule has 0 amide bonds. The van der Waals surface area contributed by atoms with Gasteiger partial charge in [0.05, 0.1) is 0 Å². The van der Waals surface area contributed by atoms with Gasteiger partial charge in [0.1, 0.15) is 0 Å². The molecule has 0 aromatic heterocycles. The zero-order valence-corrected chi connectivity index (χ0v) is 10.5. The van der Waals surface area contributed by atoms with Crippen LogP contribution in [0.2, 0.25) is 0 Å². The van der Waals surface area contributed by atoms with Gasteiger partial charge in [-0.1, -0.05) is 48.4 Å². The summed E-state index contributed by atoms with van der Waals surface area (Å²) in [5.41, 5.74) is 6.48. The predicted molar refractivity (Wildman–Crippen MR) is 73.0 cm³/mol. The Labute approximate surface area is 109 Å². The van der Waals surface area contributed by atoms with Crippen molar-refractivity contribution in [1.29, 1.82) is 0 Å². The second-order valence-electron chi connectivity index (χ2n) is 5.47. The Morgan fingerprint density at radius 1 is 1.00 bits per heavy atom. The summed E-state index contributed by atoms with van der Waals surface area (Å²) in [6.45, 7) is 0. The van der Waals surface area contributed by atoms with Crippen molar-refractivity contribution in [2.45, 2.75) is 37.5 Å². The van der Waals surface area contributed by atoms with Gasteiger partial charge in [-0.05, 0) is 54.5 Å². The lowest BCUT2D eigenvalue weighted by molar-refractivity contribution is 0.499. The van der Waals surface area contributed by atoms with Gasteiger partial charge in [0.15, 0.2) is 0 Å². The number of rotatable bonds is 0. The maximum atomic E-state index is 3.46. The molecule has 1 aromatic rings.